The Morgan fingerprint density at radius 1 is 1.50 bits per heavy atom. The van der Waals surface area contributed by atoms with Crippen LogP contribution in [0.25, 0.3) is 0 Å². The summed E-state index contributed by atoms with van der Waals surface area (Å²) in [6, 6.07) is 0. The molecule has 82 valence electrons. The first-order valence-corrected chi connectivity index (χ1v) is 5.35. The van der Waals surface area contributed by atoms with Gasteiger partial charge in [-0.25, -0.2) is 5.06 Å². The molecular weight excluding hydrogens is 182 g/mol. The van der Waals surface area contributed by atoms with E-state index in [0.717, 1.165) is 25.8 Å². The molecule has 0 N–H and O–H groups in total. The van der Waals surface area contributed by atoms with Crippen molar-refractivity contribution in [3.8, 4) is 0 Å². The number of hydrogen-bond acceptors (Lipinski definition) is 3. The van der Waals surface area contributed by atoms with Crippen LogP contribution in [0, 0.1) is 0 Å². The summed E-state index contributed by atoms with van der Waals surface area (Å²) in [5.41, 5.74) is 0. The summed E-state index contributed by atoms with van der Waals surface area (Å²) in [4.78, 5) is 16.7. The smallest absolute Gasteiger partial charge is 0.246 e. The number of rotatable bonds is 5. The highest BCUT2D eigenvalue weighted by molar-refractivity contribution is 5.75. The van der Waals surface area contributed by atoms with Gasteiger partial charge >= 0.3 is 0 Å². The van der Waals surface area contributed by atoms with Crippen molar-refractivity contribution in [3.05, 3.63) is 0 Å². The van der Waals surface area contributed by atoms with Crippen LogP contribution in [-0.4, -0.2) is 37.3 Å². The zero-order chi connectivity index (χ0) is 10.2. The Kier molecular flexibility index (Phi) is 5.56. The summed E-state index contributed by atoms with van der Waals surface area (Å²) in [5, 5.41) is 1.50. The molecule has 0 bridgehead atoms. The molecule has 0 aromatic rings. The lowest BCUT2D eigenvalue weighted by molar-refractivity contribution is -0.197. The molecule has 4 heteroatoms. The molecule has 1 amide bonds. The lowest BCUT2D eigenvalue weighted by atomic mass is 10.2. The van der Waals surface area contributed by atoms with E-state index in [2.05, 4.69) is 0 Å². The maximum absolute atomic E-state index is 11.5. The van der Waals surface area contributed by atoms with Crippen molar-refractivity contribution in [2.45, 2.75) is 32.6 Å². The Bertz CT molecular complexity index is 167. The normalized spacial score (nSPS) is 17.1. The molecule has 0 radical (unpaired) electrons. The maximum Gasteiger partial charge on any atom is 0.246 e. The van der Waals surface area contributed by atoms with E-state index in [1.165, 1.54) is 5.06 Å². The second-order valence-electron chi connectivity index (χ2n) is 3.34. The summed E-state index contributed by atoms with van der Waals surface area (Å²) in [7, 11) is 0. The van der Waals surface area contributed by atoms with E-state index in [0.29, 0.717) is 26.2 Å². The van der Waals surface area contributed by atoms with E-state index in [1.807, 2.05) is 6.92 Å². The van der Waals surface area contributed by atoms with Gasteiger partial charge in [0.15, 0.2) is 0 Å². The number of carbonyl (C=O) groups is 1. The third-order valence-electron chi connectivity index (χ3n) is 2.16. The van der Waals surface area contributed by atoms with Crippen molar-refractivity contribution in [1.29, 1.82) is 0 Å². The second-order valence-corrected chi connectivity index (χ2v) is 3.34. The molecule has 1 aliphatic rings. The van der Waals surface area contributed by atoms with Crippen molar-refractivity contribution in [2.75, 3.05) is 26.4 Å². The van der Waals surface area contributed by atoms with Crippen LogP contribution in [0.3, 0.4) is 0 Å². The minimum atomic E-state index is 0.0874. The number of amides is 1. The molecular formula is C10H19NO3. The third-order valence-corrected chi connectivity index (χ3v) is 2.16. The minimum Gasteiger partial charge on any atom is -0.382 e. The highest BCUT2D eigenvalue weighted by atomic mass is 16.7. The summed E-state index contributed by atoms with van der Waals surface area (Å²) < 4.78 is 5.16. The van der Waals surface area contributed by atoms with Crippen LogP contribution in [0.4, 0.5) is 0 Å². The van der Waals surface area contributed by atoms with Crippen molar-refractivity contribution in [1.82, 2.24) is 5.06 Å². The molecule has 0 spiro atoms. The molecule has 0 aliphatic carbocycles. The summed E-state index contributed by atoms with van der Waals surface area (Å²) in [6.45, 7) is 4.75. The standard InChI is InChI=1S/C10H19NO3/c1-2-13-8-5-6-10(12)11-7-3-4-9-14-11/h2-9H2,1H3. The van der Waals surface area contributed by atoms with E-state index >= 15 is 0 Å². The van der Waals surface area contributed by atoms with Crippen molar-refractivity contribution in [3.63, 3.8) is 0 Å². The molecule has 1 aliphatic heterocycles. The second kappa shape index (κ2) is 6.79. The Morgan fingerprint density at radius 3 is 3.00 bits per heavy atom. The first kappa shape index (κ1) is 11.5. The van der Waals surface area contributed by atoms with E-state index in [4.69, 9.17) is 9.57 Å². The monoisotopic (exact) mass is 201 g/mol. The van der Waals surface area contributed by atoms with Crippen LogP contribution in [0.1, 0.15) is 32.6 Å². The number of hydrogen-bond donors (Lipinski definition) is 0. The van der Waals surface area contributed by atoms with E-state index in [1.54, 1.807) is 0 Å². The van der Waals surface area contributed by atoms with Gasteiger partial charge in [0.05, 0.1) is 6.61 Å². The quantitative estimate of drug-likeness (QED) is 0.630. The van der Waals surface area contributed by atoms with Crippen LogP contribution in [0.15, 0.2) is 0 Å². The van der Waals surface area contributed by atoms with Crippen LogP contribution in [0.2, 0.25) is 0 Å². The van der Waals surface area contributed by atoms with Gasteiger partial charge in [0, 0.05) is 26.2 Å². The molecule has 0 aromatic carbocycles. The van der Waals surface area contributed by atoms with Gasteiger partial charge in [-0.15, -0.1) is 0 Å². The molecule has 4 nitrogen and oxygen atoms in total. The highest BCUT2D eigenvalue weighted by Gasteiger charge is 2.16. The zero-order valence-corrected chi connectivity index (χ0v) is 8.83. The van der Waals surface area contributed by atoms with Gasteiger partial charge in [0.25, 0.3) is 0 Å². The van der Waals surface area contributed by atoms with Crippen LogP contribution in [0.5, 0.6) is 0 Å². The van der Waals surface area contributed by atoms with Gasteiger partial charge in [-0.2, -0.15) is 0 Å². The molecule has 0 unspecified atom stereocenters. The maximum atomic E-state index is 11.5. The Labute approximate surface area is 85.1 Å². The first-order valence-electron chi connectivity index (χ1n) is 5.35. The van der Waals surface area contributed by atoms with Gasteiger partial charge in [-0.1, -0.05) is 0 Å². The molecule has 0 saturated carbocycles. The molecule has 0 atom stereocenters. The van der Waals surface area contributed by atoms with Gasteiger partial charge in [-0.05, 0) is 26.2 Å². The van der Waals surface area contributed by atoms with Gasteiger partial charge < -0.3 is 4.74 Å². The topological polar surface area (TPSA) is 38.8 Å². The number of carbonyl (C=O) groups excluding carboxylic acids is 1. The van der Waals surface area contributed by atoms with Crippen molar-refractivity contribution >= 4 is 5.91 Å². The van der Waals surface area contributed by atoms with Crippen LogP contribution in [-0.2, 0) is 14.4 Å². The first-order chi connectivity index (χ1) is 6.84. The van der Waals surface area contributed by atoms with Crippen molar-refractivity contribution < 1.29 is 14.4 Å². The molecule has 14 heavy (non-hydrogen) atoms. The third kappa shape index (κ3) is 4.07. The van der Waals surface area contributed by atoms with Crippen molar-refractivity contribution in [2.24, 2.45) is 0 Å². The Morgan fingerprint density at radius 2 is 2.36 bits per heavy atom. The molecule has 1 rings (SSSR count). The highest BCUT2D eigenvalue weighted by Crippen LogP contribution is 2.08. The SMILES string of the molecule is CCOCCCC(=O)N1CCCCO1. The van der Waals surface area contributed by atoms with Gasteiger partial charge in [0.2, 0.25) is 5.91 Å². The fourth-order valence-electron chi connectivity index (χ4n) is 1.39. The Balaban J connectivity index is 2.07. The fraction of sp³-hybridized carbons (Fsp3) is 0.900. The van der Waals surface area contributed by atoms with E-state index in [-0.39, 0.29) is 5.91 Å². The zero-order valence-electron chi connectivity index (χ0n) is 8.83. The minimum absolute atomic E-state index is 0.0874. The molecule has 1 fully saturated rings. The largest absolute Gasteiger partial charge is 0.382 e. The van der Waals surface area contributed by atoms with E-state index < -0.39 is 0 Å². The van der Waals surface area contributed by atoms with Crippen LogP contribution >= 0.6 is 0 Å². The predicted octanol–water partition coefficient (Wildman–Crippen LogP) is 1.36. The average Bonchev–Trinajstić information content (AvgIpc) is 2.25. The molecule has 1 heterocycles. The summed E-state index contributed by atoms with van der Waals surface area (Å²) in [5.74, 6) is 0.0874. The lowest BCUT2D eigenvalue weighted by Gasteiger charge is -2.25. The van der Waals surface area contributed by atoms with E-state index in [9.17, 15) is 4.79 Å². The number of nitrogens with zero attached hydrogens (tertiary/aromatic N) is 1. The lowest BCUT2D eigenvalue weighted by Crippen LogP contribution is -2.35. The summed E-state index contributed by atoms with van der Waals surface area (Å²) >= 11 is 0. The number of hydroxylamine groups is 2. The summed E-state index contributed by atoms with van der Waals surface area (Å²) in [6.07, 6.45) is 3.42. The average molecular weight is 201 g/mol. The molecule has 0 aromatic heterocycles. The number of ether oxygens (including phenoxy) is 1. The fourth-order valence-corrected chi connectivity index (χ4v) is 1.39. The Hall–Kier alpha value is -0.610. The molecule has 1 saturated heterocycles. The van der Waals surface area contributed by atoms with Gasteiger partial charge in [-0.3, -0.25) is 9.63 Å². The van der Waals surface area contributed by atoms with Gasteiger partial charge in [0.1, 0.15) is 0 Å². The predicted molar refractivity (Wildman–Crippen MR) is 52.6 cm³/mol. The van der Waals surface area contributed by atoms with Crippen LogP contribution < -0.4 is 0 Å².